The van der Waals surface area contributed by atoms with Gasteiger partial charge in [-0.05, 0) is 13.0 Å². The maximum Gasteiger partial charge on any atom is 0.0978 e. The van der Waals surface area contributed by atoms with Crippen molar-refractivity contribution in [3.05, 3.63) is 22.4 Å². The Morgan fingerprint density at radius 3 is 2.64 bits per heavy atom. The van der Waals surface area contributed by atoms with E-state index >= 15 is 0 Å². The molecule has 0 fully saturated rings. The minimum atomic E-state index is -0.134. The quantitative estimate of drug-likeness (QED) is 0.674. The molecule has 1 nitrogen and oxygen atoms in total. The number of rotatable bonds is 0. The van der Waals surface area contributed by atoms with Gasteiger partial charge >= 0.3 is 0 Å². The zero-order valence-electron chi connectivity index (χ0n) is 6.44. The number of aliphatic hydroxyl groups excluding tert-OH is 1. The predicted molar refractivity (Wildman–Crippen MR) is 54.2 cm³/mol. The molecule has 2 atom stereocenters. The highest BCUT2D eigenvalue weighted by atomic mass is 79.9. The van der Waals surface area contributed by atoms with Gasteiger partial charge in [0, 0.05) is 10.4 Å². The number of hydrogen-bond donors (Lipinski definition) is 1. The Labute approximate surface area is 83.4 Å². The topological polar surface area (TPSA) is 20.2 Å². The van der Waals surface area contributed by atoms with Crippen molar-refractivity contribution in [3.8, 4) is 0 Å². The predicted octanol–water partition coefficient (Wildman–Crippen LogP) is 3.51. The lowest BCUT2D eigenvalue weighted by Gasteiger charge is -2.29. The molecule has 0 saturated carbocycles. The lowest BCUT2D eigenvalue weighted by molar-refractivity contribution is 0.320. The van der Waals surface area contributed by atoms with E-state index in [1.54, 1.807) is 6.08 Å². The van der Waals surface area contributed by atoms with Crippen LogP contribution in [0.15, 0.2) is 22.4 Å². The Kier molecular flexibility index (Phi) is 2.49. The van der Waals surface area contributed by atoms with Crippen molar-refractivity contribution < 1.29 is 5.11 Å². The van der Waals surface area contributed by atoms with Crippen molar-refractivity contribution in [1.29, 1.82) is 0 Å². The fourth-order valence-corrected chi connectivity index (χ4v) is 2.49. The normalized spacial score (nSPS) is 38.0. The molecule has 0 radical (unpaired) electrons. The van der Waals surface area contributed by atoms with Gasteiger partial charge in [0.2, 0.25) is 0 Å². The van der Waals surface area contributed by atoms with Crippen LogP contribution in [0, 0.1) is 5.92 Å². The zero-order chi connectivity index (χ0) is 8.65. The molecule has 2 unspecified atom stereocenters. The van der Waals surface area contributed by atoms with Gasteiger partial charge in [0.15, 0.2) is 0 Å². The van der Waals surface area contributed by atoms with Crippen LogP contribution in [0.5, 0.6) is 0 Å². The smallest absolute Gasteiger partial charge is 0.0978 e. The molecule has 0 saturated heterocycles. The summed E-state index contributed by atoms with van der Waals surface area (Å²) in [6.07, 6.45) is 3.77. The van der Waals surface area contributed by atoms with Crippen LogP contribution >= 0.6 is 31.9 Å². The van der Waals surface area contributed by atoms with Gasteiger partial charge in [-0.15, -0.1) is 0 Å². The minimum absolute atomic E-state index is 0.129. The molecule has 1 N–H and O–H groups in total. The lowest BCUT2D eigenvalue weighted by Crippen LogP contribution is -2.27. The highest BCUT2D eigenvalue weighted by molar-refractivity contribution is 9.12. The van der Waals surface area contributed by atoms with E-state index in [0.717, 1.165) is 4.48 Å². The van der Waals surface area contributed by atoms with Gasteiger partial charge in [-0.25, -0.2) is 0 Å². The number of hydrogen-bond acceptors (Lipinski definition) is 1. The van der Waals surface area contributed by atoms with Crippen LogP contribution in [0.2, 0.25) is 0 Å². The molecular weight excluding hydrogens is 272 g/mol. The van der Waals surface area contributed by atoms with Crippen molar-refractivity contribution >= 4 is 31.9 Å². The highest BCUT2D eigenvalue weighted by Crippen LogP contribution is 2.38. The van der Waals surface area contributed by atoms with Crippen LogP contribution in [0.3, 0.4) is 0 Å². The number of alkyl halides is 1. The van der Waals surface area contributed by atoms with Gasteiger partial charge < -0.3 is 5.11 Å². The van der Waals surface area contributed by atoms with Gasteiger partial charge in [0.25, 0.3) is 0 Å². The van der Waals surface area contributed by atoms with Crippen molar-refractivity contribution in [2.45, 2.75) is 18.2 Å². The second-order valence-electron chi connectivity index (χ2n) is 2.97. The summed E-state index contributed by atoms with van der Waals surface area (Å²) in [5.41, 5.74) is 0. The Bertz CT molecular complexity index is 228. The highest BCUT2D eigenvalue weighted by Gasteiger charge is 2.31. The van der Waals surface area contributed by atoms with E-state index < -0.39 is 0 Å². The second-order valence-corrected chi connectivity index (χ2v) is 5.60. The van der Waals surface area contributed by atoms with Crippen LogP contribution in [-0.2, 0) is 0 Å². The Hall–Kier alpha value is 0.240. The molecule has 0 spiro atoms. The van der Waals surface area contributed by atoms with E-state index in [1.165, 1.54) is 0 Å². The molecule has 1 rings (SSSR count). The molecule has 0 aromatic heterocycles. The van der Waals surface area contributed by atoms with E-state index in [1.807, 2.05) is 19.9 Å². The van der Waals surface area contributed by atoms with Gasteiger partial charge in [0.05, 0.1) is 10.1 Å². The summed E-state index contributed by atoms with van der Waals surface area (Å²) >= 11 is 6.86. The molecule has 1 aliphatic rings. The average Bonchev–Trinajstić information content (AvgIpc) is 1.81. The standard InChI is InChI=1S/C8H10Br2O/c1-5-7(11)3-6(9)4-8(5,2)10/h3-5,11H,1-2H3. The molecule has 3 heteroatoms. The maximum atomic E-state index is 9.44. The molecule has 0 heterocycles. The Morgan fingerprint density at radius 1 is 1.64 bits per heavy atom. The van der Waals surface area contributed by atoms with Crippen molar-refractivity contribution in [2.75, 3.05) is 0 Å². The van der Waals surface area contributed by atoms with Crippen LogP contribution < -0.4 is 0 Å². The first-order valence-electron chi connectivity index (χ1n) is 3.41. The maximum absolute atomic E-state index is 9.44. The van der Waals surface area contributed by atoms with Crippen molar-refractivity contribution in [1.82, 2.24) is 0 Å². The largest absolute Gasteiger partial charge is 0.512 e. The van der Waals surface area contributed by atoms with Crippen molar-refractivity contribution in [3.63, 3.8) is 0 Å². The van der Waals surface area contributed by atoms with Crippen LogP contribution in [-0.4, -0.2) is 9.43 Å². The molecule has 0 bridgehead atoms. The summed E-state index contributed by atoms with van der Waals surface area (Å²) in [4.78, 5) is 0. The first-order valence-corrected chi connectivity index (χ1v) is 5.00. The third kappa shape index (κ3) is 1.88. The van der Waals surface area contributed by atoms with Gasteiger partial charge in [0.1, 0.15) is 0 Å². The molecule has 0 amide bonds. The van der Waals surface area contributed by atoms with Gasteiger partial charge in [-0.1, -0.05) is 44.9 Å². The van der Waals surface area contributed by atoms with E-state index in [9.17, 15) is 5.11 Å². The first kappa shape index (κ1) is 9.33. The third-order valence-electron chi connectivity index (χ3n) is 2.00. The Morgan fingerprint density at radius 2 is 2.18 bits per heavy atom. The summed E-state index contributed by atoms with van der Waals surface area (Å²) in [5, 5.41) is 9.44. The second kappa shape index (κ2) is 2.94. The fraction of sp³-hybridized carbons (Fsp3) is 0.500. The zero-order valence-corrected chi connectivity index (χ0v) is 9.61. The van der Waals surface area contributed by atoms with E-state index in [4.69, 9.17) is 0 Å². The van der Waals surface area contributed by atoms with E-state index in [0.29, 0.717) is 5.76 Å². The number of halogens is 2. The van der Waals surface area contributed by atoms with Gasteiger partial charge in [-0.3, -0.25) is 0 Å². The number of aliphatic hydroxyl groups is 1. The molecule has 0 aromatic carbocycles. The molecule has 11 heavy (non-hydrogen) atoms. The molecule has 1 aliphatic carbocycles. The molecule has 62 valence electrons. The minimum Gasteiger partial charge on any atom is -0.512 e. The van der Waals surface area contributed by atoms with Crippen LogP contribution in [0.1, 0.15) is 13.8 Å². The summed E-state index contributed by atoms with van der Waals surface area (Å²) < 4.78 is 0.789. The van der Waals surface area contributed by atoms with E-state index in [2.05, 4.69) is 31.9 Å². The molecule has 0 aromatic rings. The SMILES string of the molecule is CC1C(O)=CC(Br)=CC1(C)Br. The molecule has 0 aliphatic heterocycles. The van der Waals surface area contributed by atoms with Crippen molar-refractivity contribution in [2.24, 2.45) is 5.92 Å². The number of allylic oxidation sites excluding steroid dienone is 4. The summed E-state index contributed by atoms with van der Waals surface area (Å²) in [6, 6.07) is 0. The summed E-state index contributed by atoms with van der Waals surface area (Å²) in [5.74, 6) is 0.544. The van der Waals surface area contributed by atoms with E-state index in [-0.39, 0.29) is 10.2 Å². The molecular formula is C8H10Br2O. The Balaban J connectivity index is 3.01. The monoisotopic (exact) mass is 280 g/mol. The fourth-order valence-electron chi connectivity index (χ4n) is 0.992. The summed E-state index contributed by atoms with van der Waals surface area (Å²) in [7, 11) is 0. The van der Waals surface area contributed by atoms with Crippen LogP contribution in [0.4, 0.5) is 0 Å². The average molecular weight is 282 g/mol. The first-order chi connectivity index (χ1) is 4.93. The lowest BCUT2D eigenvalue weighted by atomic mass is 9.90. The summed E-state index contributed by atoms with van der Waals surface area (Å²) in [6.45, 7) is 4.01. The van der Waals surface area contributed by atoms with Gasteiger partial charge in [-0.2, -0.15) is 0 Å². The van der Waals surface area contributed by atoms with Crippen LogP contribution in [0.25, 0.3) is 0 Å². The third-order valence-corrected chi connectivity index (χ3v) is 3.37.